The van der Waals surface area contributed by atoms with Crippen molar-refractivity contribution in [3.8, 4) is 5.75 Å². The SMILES string of the molecule is C=CCOc1ccc(CC(=O)O)cc1Cl.[Na+]. The summed E-state index contributed by atoms with van der Waals surface area (Å²) in [6.45, 7) is 3.89. The van der Waals surface area contributed by atoms with Crippen molar-refractivity contribution in [2.75, 3.05) is 6.61 Å². The van der Waals surface area contributed by atoms with E-state index in [1.165, 1.54) is 0 Å². The van der Waals surface area contributed by atoms with Gasteiger partial charge in [-0.2, -0.15) is 0 Å². The second-order valence-electron chi connectivity index (χ2n) is 2.93. The average Bonchev–Trinajstić information content (AvgIpc) is 2.15. The van der Waals surface area contributed by atoms with Gasteiger partial charge in [-0.05, 0) is 17.7 Å². The Hall–Kier alpha value is -0.480. The Morgan fingerprint density at radius 1 is 1.56 bits per heavy atom. The molecule has 0 aliphatic heterocycles. The first-order valence-electron chi connectivity index (χ1n) is 4.37. The molecule has 1 rings (SSSR count). The molecule has 0 atom stereocenters. The molecular formula is C11H11ClNaO3+. The van der Waals surface area contributed by atoms with E-state index in [9.17, 15) is 4.79 Å². The molecule has 0 heterocycles. The van der Waals surface area contributed by atoms with Gasteiger partial charge < -0.3 is 9.84 Å². The molecule has 80 valence electrons. The van der Waals surface area contributed by atoms with Crippen molar-refractivity contribution in [2.45, 2.75) is 6.42 Å². The van der Waals surface area contributed by atoms with E-state index in [0.717, 1.165) is 0 Å². The van der Waals surface area contributed by atoms with Crippen LogP contribution in [0.4, 0.5) is 0 Å². The first-order valence-corrected chi connectivity index (χ1v) is 4.75. The Labute approximate surface area is 121 Å². The molecule has 5 heteroatoms. The molecule has 0 aliphatic carbocycles. The Kier molecular flexibility index (Phi) is 7.51. The van der Waals surface area contributed by atoms with E-state index in [-0.39, 0.29) is 36.0 Å². The molecule has 0 aliphatic rings. The van der Waals surface area contributed by atoms with Crippen LogP contribution in [-0.2, 0) is 11.2 Å². The summed E-state index contributed by atoms with van der Waals surface area (Å²) in [6.07, 6.45) is 1.57. The van der Waals surface area contributed by atoms with Crippen molar-refractivity contribution in [2.24, 2.45) is 0 Å². The molecule has 0 amide bonds. The van der Waals surface area contributed by atoms with E-state index in [4.69, 9.17) is 21.4 Å². The van der Waals surface area contributed by atoms with Crippen molar-refractivity contribution < 1.29 is 44.2 Å². The first kappa shape index (κ1) is 15.5. The van der Waals surface area contributed by atoms with Crippen molar-refractivity contribution in [3.05, 3.63) is 41.4 Å². The van der Waals surface area contributed by atoms with Crippen molar-refractivity contribution in [1.82, 2.24) is 0 Å². The second kappa shape index (κ2) is 7.74. The van der Waals surface area contributed by atoms with Crippen LogP contribution in [0.5, 0.6) is 5.75 Å². The average molecular weight is 250 g/mol. The molecule has 0 spiro atoms. The van der Waals surface area contributed by atoms with Crippen LogP contribution in [0.25, 0.3) is 0 Å². The summed E-state index contributed by atoms with van der Waals surface area (Å²) in [5.41, 5.74) is 0.651. The zero-order chi connectivity index (χ0) is 11.3. The molecule has 3 nitrogen and oxygen atoms in total. The molecule has 1 aromatic carbocycles. The van der Waals surface area contributed by atoms with Gasteiger partial charge in [-0.15, -0.1) is 0 Å². The van der Waals surface area contributed by atoms with Crippen LogP contribution in [-0.4, -0.2) is 17.7 Å². The molecule has 0 saturated carbocycles. The number of rotatable bonds is 5. The maximum absolute atomic E-state index is 10.4. The molecule has 0 unspecified atom stereocenters. The third-order valence-corrected chi connectivity index (χ3v) is 2.00. The predicted octanol–water partition coefficient (Wildman–Crippen LogP) is -0.464. The summed E-state index contributed by atoms with van der Waals surface area (Å²) in [6, 6.07) is 4.93. The van der Waals surface area contributed by atoms with Crippen molar-refractivity contribution in [1.29, 1.82) is 0 Å². The zero-order valence-corrected chi connectivity index (χ0v) is 11.8. The molecule has 1 N–H and O–H groups in total. The Bertz CT molecular complexity index is 379. The number of benzene rings is 1. The molecule has 0 bridgehead atoms. The third kappa shape index (κ3) is 5.03. The van der Waals surface area contributed by atoms with E-state index < -0.39 is 5.97 Å². The Balaban J connectivity index is 0.00000225. The van der Waals surface area contributed by atoms with Crippen LogP contribution < -0.4 is 34.3 Å². The quantitative estimate of drug-likeness (QED) is 0.567. The largest absolute Gasteiger partial charge is 1.00 e. The van der Waals surface area contributed by atoms with Crippen LogP contribution in [0.15, 0.2) is 30.9 Å². The topological polar surface area (TPSA) is 46.5 Å². The summed E-state index contributed by atoms with van der Waals surface area (Å²) in [5.74, 6) is -0.350. The molecule has 0 radical (unpaired) electrons. The normalized spacial score (nSPS) is 9.06. The summed E-state index contributed by atoms with van der Waals surface area (Å²) in [5, 5.41) is 8.99. The summed E-state index contributed by atoms with van der Waals surface area (Å²) >= 11 is 5.90. The van der Waals surface area contributed by atoms with Gasteiger partial charge in [0, 0.05) is 0 Å². The van der Waals surface area contributed by atoms with Gasteiger partial charge in [-0.1, -0.05) is 30.3 Å². The fourth-order valence-electron chi connectivity index (χ4n) is 1.09. The number of carboxylic acids is 1. The van der Waals surface area contributed by atoms with Crippen LogP contribution in [0.3, 0.4) is 0 Å². The van der Waals surface area contributed by atoms with Gasteiger partial charge in [0.25, 0.3) is 0 Å². The van der Waals surface area contributed by atoms with Gasteiger partial charge in [0.1, 0.15) is 12.4 Å². The van der Waals surface area contributed by atoms with Crippen LogP contribution in [0.1, 0.15) is 5.56 Å². The van der Waals surface area contributed by atoms with E-state index in [1.807, 2.05) is 0 Å². The monoisotopic (exact) mass is 249 g/mol. The molecule has 0 fully saturated rings. The fourth-order valence-corrected chi connectivity index (χ4v) is 1.35. The summed E-state index contributed by atoms with van der Waals surface area (Å²) < 4.78 is 5.25. The van der Waals surface area contributed by atoms with Crippen molar-refractivity contribution in [3.63, 3.8) is 0 Å². The minimum absolute atomic E-state index is 0. The van der Waals surface area contributed by atoms with E-state index >= 15 is 0 Å². The van der Waals surface area contributed by atoms with Gasteiger partial charge in [0.15, 0.2) is 0 Å². The Morgan fingerprint density at radius 3 is 2.75 bits per heavy atom. The van der Waals surface area contributed by atoms with Gasteiger partial charge >= 0.3 is 35.5 Å². The van der Waals surface area contributed by atoms with Crippen LogP contribution in [0, 0.1) is 0 Å². The summed E-state index contributed by atoms with van der Waals surface area (Å²) in [7, 11) is 0. The van der Waals surface area contributed by atoms with Crippen LogP contribution in [0.2, 0.25) is 5.02 Å². The number of aliphatic carboxylic acids is 1. The molecule has 0 saturated heterocycles. The number of hydrogen-bond acceptors (Lipinski definition) is 2. The number of ether oxygens (including phenoxy) is 1. The third-order valence-electron chi connectivity index (χ3n) is 1.71. The van der Waals surface area contributed by atoms with Crippen LogP contribution >= 0.6 is 11.6 Å². The first-order chi connectivity index (χ1) is 7.13. The minimum Gasteiger partial charge on any atom is -0.488 e. The van der Waals surface area contributed by atoms with Gasteiger partial charge in [0.05, 0.1) is 11.4 Å². The molecule has 16 heavy (non-hydrogen) atoms. The van der Waals surface area contributed by atoms with E-state index in [2.05, 4.69) is 6.58 Å². The van der Waals surface area contributed by atoms with E-state index in [1.54, 1.807) is 24.3 Å². The number of carboxylic acid groups (broad SMARTS) is 1. The smallest absolute Gasteiger partial charge is 0.488 e. The Morgan fingerprint density at radius 2 is 2.25 bits per heavy atom. The minimum atomic E-state index is -0.883. The van der Waals surface area contributed by atoms with Gasteiger partial charge in [-0.3, -0.25) is 4.79 Å². The number of halogens is 1. The standard InChI is InChI=1S/C11H11ClO3.Na/c1-2-5-15-10-4-3-8(6-9(10)12)7-11(13)14;/h2-4,6H,1,5,7H2,(H,13,14);/q;+1. The molecular weight excluding hydrogens is 239 g/mol. The maximum atomic E-state index is 10.4. The predicted molar refractivity (Wildman–Crippen MR) is 58.5 cm³/mol. The molecule has 1 aromatic rings. The zero-order valence-electron chi connectivity index (χ0n) is 9.07. The number of hydrogen-bond donors (Lipinski definition) is 1. The second-order valence-corrected chi connectivity index (χ2v) is 3.34. The van der Waals surface area contributed by atoms with E-state index in [0.29, 0.717) is 22.9 Å². The maximum Gasteiger partial charge on any atom is 1.00 e. The molecule has 0 aromatic heterocycles. The van der Waals surface area contributed by atoms with Gasteiger partial charge in [-0.25, -0.2) is 0 Å². The van der Waals surface area contributed by atoms with Crippen molar-refractivity contribution >= 4 is 17.6 Å². The summed E-state index contributed by atoms with van der Waals surface area (Å²) in [4.78, 5) is 10.4. The van der Waals surface area contributed by atoms with Gasteiger partial charge in [0.2, 0.25) is 0 Å². The number of carbonyl (C=O) groups is 1. The fraction of sp³-hybridized carbons (Fsp3) is 0.182.